The topological polar surface area (TPSA) is 76.4 Å². The minimum Gasteiger partial charge on any atom is -0.368 e. The molecule has 0 unspecified atom stereocenters. The van der Waals surface area contributed by atoms with E-state index in [-0.39, 0.29) is 12.0 Å². The third kappa shape index (κ3) is 3.13. The lowest BCUT2D eigenvalue weighted by molar-refractivity contribution is -0.141. The van der Waals surface area contributed by atoms with Crippen LogP contribution in [0.25, 0.3) is 11.0 Å². The molecule has 1 amide bonds. The van der Waals surface area contributed by atoms with Gasteiger partial charge in [0.2, 0.25) is 0 Å². The average Bonchev–Trinajstić information content (AvgIpc) is 3.32. The maximum absolute atomic E-state index is 12.5. The van der Waals surface area contributed by atoms with Crippen molar-refractivity contribution in [2.45, 2.75) is 38.7 Å². The summed E-state index contributed by atoms with van der Waals surface area (Å²) in [7, 11) is 1.91. The van der Waals surface area contributed by atoms with E-state index in [1.54, 1.807) is 4.68 Å². The Labute approximate surface area is 153 Å². The first-order chi connectivity index (χ1) is 12.7. The molecule has 8 heteroatoms. The summed E-state index contributed by atoms with van der Waals surface area (Å²) in [6.07, 6.45) is 5.29. The van der Waals surface area contributed by atoms with Gasteiger partial charge >= 0.3 is 0 Å². The number of hydrogen-bond donors (Lipinski definition) is 0. The van der Waals surface area contributed by atoms with Gasteiger partial charge in [-0.15, -0.1) is 0 Å². The summed E-state index contributed by atoms with van der Waals surface area (Å²) in [4.78, 5) is 26.2. The van der Waals surface area contributed by atoms with E-state index in [9.17, 15) is 4.79 Å². The van der Waals surface area contributed by atoms with E-state index in [0.29, 0.717) is 19.7 Å². The van der Waals surface area contributed by atoms with Crippen LogP contribution >= 0.6 is 0 Å². The molecule has 0 aliphatic carbocycles. The molecule has 1 atom stereocenters. The molecule has 0 N–H and O–H groups in total. The summed E-state index contributed by atoms with van der Waals surface area (Å²) in [6.45, 7) is 5.78. The summed E-state index contributed by atoms with van der Waals surface area (Å²) >= 11 is 0. The Morgan fingerprint density at radius 3 is 2.77 bits per heavy atom. The molecule has 26 heavy (non-hydrogen) atoms. The fourth-order valence-electron chi connectivity index (χ4n) is 3.74. The van der Waals surface area contributed by atoms with E-state index in [0.717, 1.165) is 61.4 Å². The lowest BCUT2D eigenvalue weighted by Gasteiger charge is -2.36. The van der Waals surface area contributed by atoms with Crippen molar-refractivity contribution in [1.82, 2.24) is 24.6 Å². The fourth-order valence-corrected chi connectivity index (χ4v) is 3.74. The largest absolute Gasteiger partial charge is 0.368 e. The van der Waals surface area contributed by atoms with Crippen LogP contribution in [0.4, 0.5) is 5.82 Å². The highest BCUT2D eigenvalue weighted by Gasteiger charge is 2.31. The first-order valence-electron chi connectivity index (χ1n) is 9.51. The molecule has 2 saturated heterocycles. The smallest absolute Gasteiger partial charge is 0.251 e. The molecule has 2 aliphatic rings. The minimum absolute atomic E-state index is 0.142. The lowest BCUT2D eigenvalue weighted by Crippen LogP contribution is -2.51. The van der Waals surface area contributed by atoms with E-state index < -0.39 is 0 Å². The number of ether oxygens (including phenoxy) is 1. The zero-order chi connectivity index (χ0) is 18.1. The van der Waals surface area contributed by atoms with Gasteiger partial charge in [-0.25, -0.2) is 9.97 Å². The van der Waals surface area contributed by atoms with Crippen molar-refractivity contribution < 1.29 is 9.53 Å². The Balaban J connectivity index is 1.52. The van der Waals surface area contributed by atoms with Crippen molar-refractivity contribution in [2.75, 3.05) is 37.7 Å². The summed E-state index contributed by atoms with van der Waals surface area (Å²) in [6, 6.07) is 0. The molecule has 0 saturated carbocycles. The van der Waals surface area contributed by atoms with Gasteiger partial charge in [-0.05, 0) is 19.3 Å². The van der Waals surface area contributed by atoms with Gasteiger partial charge in [0.1, 0.15) is 17.7 Å². The molecule has 0 aromatic carbocycles. The van der Waals surface area contributed by atoms with E-state index in [2.05, 4.69) is 21.9 Å². The molecule has 2 aromatic rings. The van der Waals surface area contributed by atoms with Crippen LogP contribution in [0.2, 0.25) is 0 Å². The highest BCUT2D eigenvalue weighted by molar-refractivity contribution is 5.87. The molecule has 2 aliphatic heterocycles. The Morgan fingerprint density at radius 2 is 2.08 bits per heavy atom. The number of fused-ring (bicyclic) bond motifs is 1. The van der Waals surface area contributed by atoms with Crippen molar-refractivity contribution in [2.24, 2.45) is 7.05 Å². The quantitative estimate of drug-likeness (QED) is 0.816. The first kappa shape index (κ1) is 17.2. The molecule has 0 spiro atoms. The molecule has 0 radical (unpaired) electrons. The zero-order valence-corrected chi connectivity index (χ0v) is 15.5. The Hall–Kier alpha value is -2.22. The number of amides is 1. The van der Waals surface area contributed by atoms with E-state index in [4.69, 9.17) is 9.72 Å². The van der Waals surface area contributed by atoms with Crippen LogP contribution in [0.3, 0.4) is 0 Å². The maximum Gasteiger partial charge on any atom is 0.251 e. The Morgan fingerprint density at radius 1 is 1.27 bits per heavy atom. The van der Waals surface area contributed by atoms with Crippen molar-refractivity contribution in [1.29, 1.82) is 0 Å². The third-order valence-electron chi connectivity index (χ3n) is 5.19. The second kappa shape index (κ2) is 7.19. The van der Waals surface area contributed by atoms with Crippen LogP contribution in [-0.4, -0.2) is 69.4 Å². The second-order valence-electron chi connectivity index (χ2n) is 7.03. The van der Waals surface area contributed by atoms with Gasteiger partial charge in [0.15, 0.2) is 5.65 Å². The highest BCUT2D eigenvalue weighted by Crippen LogP contribution is 2.25. The minimum atomic E-state index is -0.234. The molecule has 4 rings (SSSR count). The number of hydrogen-bond acceptors (Lipinski definition) is 6. The molecule has 2 fully saturated rings. The Bertz CT molecular complexity index is 790. The number of carbonyl (C=O) groups excluding carboxylic acids is 1. The van der Waals surface area contributed by atoms with Crippen LogP contribution < -0.4 is 4.90 Å². The van der Waals surface area contributed by atoms with Crippen molar-refractivity contribution >= 4 is 22.8 Å². The lowest BCUT2D eigenvalue weighted by atomic mass is 10.2. The first-order valence-corrected chi connectivity index (χ1v) is 9.51. The van der Waals surface area contributed by atoms with Gasteiger partial charge in [0.05, 0.1) is 11.6 Å². The summed E-state index contributed by atoms with van der Waals surface area (Å²) in [5.41, 5.74) is 0.872. The van der Waals surface area contributed by atoms with Crippen LogP contribution in [-0.2, 0) is 23.0 Å². The molecule has 8 nitrogen and oxygen atoms in total. The van der Waals surface area contributed by atoms with E-state index in [1.165, 1.54) is 0 Å². The van der Waals surface area contributed by atoms with Gasteiger partial charge in [-0.1, -0.05) is 6.92 Å². The summed E-state index contributed by atoms with van der Waals surface area (Å²) < 4.78 is 7.35. The predicted octanol–water partition coefficient (Wildman–Crippen LogP) is 1.14. The maximum atomic E-state index is 12.5. The zero-order valence-electron chi connectivity index (χ0n) is 15.5. The van der Waals surface area contributed by atoms with Gasteiger partial charge in [0.25, 0.3) is 5.91 Å². The van der Waals surface area contributed by atoms with E-state index >= 15 is 0 Å². The van der Waals surface area contributed by atoms with Gasteiger partial charge in [0, 0.05) is 46.3 Å². The monoisotopic (exact) mass is 358 g/mol. The normalized spacial score (nSPS) is 20.9. The fraction of sp³-hybridized carbons (Fsp3) is 0.667. The number of nitrogens with zero attached hydrogens (tertiary/aromatic N) is 6. The van der Waals surface area contributed by atoms with Gasteiger partial charge in [-0.3, -0.25) is 9.48 Å². The Kier molecular flexibility index (Phi) is 4.76. The van der Waals surface area contributed by atoms with Crippen LogP contribution in [0.1, 0.15) is 32.0 Å². The van der Waals surface area contributed by atoms with Gasteiger partial charge in [-0.2, -0.15) is 5.10 Å². The van der Waals surface area contributed by atoms with Crippen LogP contribution in [0.15, 0.2) is 6.20 Å². The molecule has 140 valence electrons. The van der Waals surface area contributed by atoms with Crippen molar-refractivity contribution in [3.63, 3.8) is 0 Å². The van der Waals surface area contributed by atoms with Crippen molar-refractivity contribution in [3.05, 3.63) is 12.0 Å². The second-order valence-corrected chi connectivity index (χ2v) is 7.03. The van der Waals surface area contributed by atoms with Crippen LogP contribution in [0, 0.1) is 0 Å². The van der Waals surface area contributed by atoms with Gasteiger partial charge < -0.3 is 14.5 Å². The number of carbonyl (C=O) groups is 1. The summed E-state index contributed by atoms with van der Waals surface area (Å²) in [5, 5.41) is 5.33. The predicted molar refractivity (Wildman–Crippen MR) is 98.1 cm³/mol. The number of piperazine rings is 1. The third-order valence-corrected chi connectivity index (χ3v) is 5.19. The van der Waals surface area contributed by atoms with Crippen molar-refractivity contribution in [3.8, 4) is 0 Å². The standard InChI is InChI=1S/C18H26N6O2/c1-3-5-15-20-16-13(12-19-22(16)2)17(21-15)23-7-9-24(10-8-23)18(25)14-6-4-11-26-14/h12,14H,3-11H2,1-2H3/t14-/m1/s1. The SMILES string of the molecule is CCCc1nc(N2CCN(C(=O)[C@H]3CCCO3)CC2)c2cnn(C)c2n1. The highest BCUT2D eigenvalue weighted by atomic mass is 16.5. The number of aryl methyl sites for hydroxylation is 2. The average molecular weight is 358 g/mol. The molecule has 2 aromatic heterocycles. The molecular weight excluding hydrogens is 332 g/mol. The van der Waals surface area contributed by atoms with E-state index in [1.807, 2.05) is 18.1 Å². The number of aromatic nitrogens is 4. The molecule has 4 heterocycles. The number of anilines is 1. The number of rotatable bonds is 4. The summed E-state index contributed by atoms with van der Waals surface area (Å²) in [5.74, 6) is 1.94. The molecule has 0 bridgehead atoms. The van der Waals surface area contributed by atoms with Crippen LogP contribution in [0.5, 0.6) is 0 Å². The molecular formula is C18H26N6O2.